The molecule has 1 aromatic rings. The standard InChI is InChI=1S/C8H13N3O2S/c1-14(12,13)6-8(11-9)7-4-2-3-5-10-7/h2-5,8,11H,6,9H2,1H3/t8-/m0/s1. The quantitative estimate of drug-likeness (QED) is 0.529. The minimum absolute atomic E-state index is 0.0550. The number of nitrogens with two attached hydrogens (primary N) is 1. The van der Waals surface area contributed by atoms with Crippen LogP contribution in [0.5, 0.6) is 0 Å². The lowest BCUT2D eigenvalue weighted by Crippen LogP contribution is -2.33. The van der Waals surface area contributed by atoms with Crippen LogP contribution in [0.25, 0.3) is 0 Å². The summed E-state index contributed by atoms with van der Waals surface area (Å²) in [7, 11) is -3.07. The number of hydrogen-bond acceptors (Lipinski definition) is 5. The van der Waals surface area contributed by atoms with Crippen molar-refractivity contribution in [1.82, 2.24) is 10.4 Å². The van der Waals surface area contributed by atoms with Crippen LogP contribution >= 0.6 is 0 Å². The average molecular weight is 215 g/mol. The van der Waals surface area contributed by atoms with Crippen LogP contribution in [0.4, 0.5) is 0 Å². The van der Waals surface area contributed by atoms with Crippen molar-refractivity contribution >= 4 is 9.84 Å². The van der Waals surface area contributed by atoms with Crippen molar-refractivity contribution in [2.75, 3.05) is 12.0 Å². The molecule has 6 heteroatoms. The summed E-state index contributed by atoms with van der Waals surface area (Å²) in [6, 6.07) is 4.83. The highest BCUT2D eigenvalue weighted by Crippen LogP contribution is 2.10. The van der Waals surface area contributed by atoms with Crippen molar-refractivity contribution in [2.24, 2.45) is 5.84 Å². The second kappa shape index (κ2) is 4.50. The van der Waals surface area contributed by atoms with E-state index < -0.39 is 15.9 Å². The molecule has 0 unspecified atom stereocenters. The monoisotopic (exact) mass is 215 g/mol. The van der Waals surface area contributed by atoms with E-state index in [1.165, 1.54) is 6.26 Å². The van der Waals surface area contributed by atoms with Gasteiger partial charge in [0.25, 0.3) is 0 Å². The van der Waals surface area contributed by atoms with E-state index in [1.54, 1.807) is 24.4 Å². The molecule has 0 amide bonds. The van der Waals surface area contributed by atoms with Gasteiger partial charge in [0.15, 0.2) is 0 Å². The van der Waals surface area contributed by atoms with Gasteiger partial charge in [-0.25, -0.2) is 8.42 Å². The van der Waals surface area contributed by atoms with Crippen LogP contribution in [0.15, 0.2) is 24.4 Å². The number of sulfone groups is 1. The Morgan fingerprint density at radius 1 is 1.57 bits per heavy atom. The number of rotatable bonds is 4. The minimum Gasteiger partial charge on any atom is -0.271 e. The van der Waals surface area contributed by atoms with Crippen molar-refractivity contribution in [2.45, 2.75) is 6.04 Å². The maximum atomic E-state index is 11.1. The highest BCUT2D eigenvalue weighted by atomic mass is 32.2. The topological polar surface area (TPSA) is 85.1 Å². The van der Waals surface area contributed by atoms with Gasteiger partial charge in [-0.05, 0) is 12.1 Å². The van der Waals surface area contributed by atoms with E-state index >= 15 is 0 Å². The second-order valence-electron chi connectivity index (χ2n) is 3.07. The third-order valence-corrected chi connectivity index (χ3v) is 2.65. The fourth-order valence-electron chi connectivity index (χ4n) is 1.10. The summed E-state index contributed by atoms with van der Waals surface area (Å²) < 4.78 is 22.1. The number of hydrogen-bond donors (Lipinski definition) is 2. The molecule has 0 saturated carbocycles. The van der Waals surface area contributed by atoms with Crippen LogP contribution in [0.3, 0.4) is 0 Å². The third-order valence-electron chi connectivity index (χ3n) is 1.72. The van der Waals surface area contributed by atoms with Gasteiger partial charge in [-0.1, -0.05) is 6.07 Å². The average Bonchev–Trinajstić information content (AvgIpc) is 2.14. The molecule has 3 N–H and O–H groups in total. The molecule has 1 aromatic heterocycles. The fourth-order valence-corrected chi connectivity index (χ4v) is 1.98. The maximum absolute atomic E-state index is 11.1. The van der Waals surface area contributed by atoms with E-state index in [0.29, 0.717) is 5.69 Å². The summed E-state index contributed by atoms with van der Waals surface area (Å²) >= 11 is 0. The Kier molecular flexibility index (Phi) is 3.56. The second-order valence-corrected chi connectivity index (χ2v) is 5.25. The number of nitrogens with zero attached hydrogens (tertiary/aromatic N) is 1. The predicted molar refractivity (Wildman–Crippen MR) is 54.0 cm³/mol. The van der Waals surface area contributed by atoms with E-state index in [1.807, 2.05) is 0 Å². The first kappa shape index (κ1) is 11.1. The zero-order chi connectivity index (χ0) is 10.6. The van der Waals surface area contributed by atoms with Gasteiger partial charge >= 0.3 is 0 Å². The molecule has 0 bridgehead atoms. The number of aromatic nitrogens is 1. The van der Waals surface area contributed by atoms with Crippen LogP contribution in [-0.2, 0) is 9.84 Å². The van der Waals surface area contributed by atoms with E-state index in [0.717, 1.165) is 0 Å². The number of hydrazine groups is 1. The zero-order valence-electron chi connectivity index (χ0n) is 7.84. The SMILES string of the molecule is CS(=O)(=O)C[C@H](NN)c1ccccn1. The van der Waals surface area contributed by atoms with E-state index in [4.69, 9.17) is 5.84 Å². The van der Waals surface area contributed by atoms with Gasteiger partial charge in [0.1, 0.15) is 9.84 Å². The van der Waals surface area contributed by atoms with Gasteiger partial charge in [0.05, 0.1) is 17.5 Å². The Bertz CT molecular complexity index is 377. The van der Waals surface area contributed by atoms with Crippen LogP contribution in [-0.4, -0.2) is 25.4 Å². The molecular weight excluding hydrogens is 202 g/mol. The summed E-state index contributed by atoms with van der Waals surface area (Å²) in [5.74, 6) is 5.20. The van der Waals surface area contributed by atoms with Crippen LogP contribution in [0.1, 0.15) is 11.7 Å². The van der Waals surface area contributed by atoms with Crippen LogP contribution in [0, 0.1) is 0 Å². The third kappa shape index (κ3) is 3.41. The normalized spacial score (nSPS) is 13.9. The molecule has 0 aliphatic carbocycles. The molecule has 0 saturated heterocycles. The molecule has 14 heavy (non-hydrogen) atoms. The molecule has 0 radical (unpaired) electrons. The lowest BCUT2D eigenvalue weighted by Gasteiger charge is -2.13. The predicted octanol–water partition coefficient (Wildman–Crippen LogP) is -0.369. The molecule has 0 aliphatic rings. The van der Waals surface area contributed by atoms with Gasteiger partial charge < -0.3 is 0 Å². The molecule has 1 rings (SSSR count). The summed E-state index contributed by atoms with van der Waals surface area (Å²) in [5, 5.41) is 0. The van der Waals surface area contributed by atoms with Crippen LogP contribution < -0.4 is 11.3 Å². The van der Waals surface area contributed by atoms with Gasteiger partial charge in [-0.3, -0.25) is 16.3 Å². The molecule has 0 aromatic carbocycles. The largest absolute Gasteiger partial charge is 0.271 e. The Labute approximate surface area is 83.2 Å². The molecular formula is C8H13N3O2S. The Hall–Kier alpha value is -0.980. The first-order valence-corrected chi connectivity index (χ1v) is 6.14. The highest BCUT2D eigenvalue weighted by Gasteiger charge is 2.16. The summed E-state index contributed by atoms with van der Waals surface area (Å²) in [6.45, 7) is 0. The Balaban J connectivity index is 2.84. The highest BCUT2D eigenvalue weighted by molar-refractivity contribution is 7.90. The molecule has 1 heterocycles. The summed E-state index contributed by atoms with van der Waals surface area (Å²) in [6.07, 6.45) is 2.77. The van der Waals surface area contributed by atoms with Gasteiger partial charge in [0.2, 0.25) is 0 Å². The number of pyridine rings is 1. The van der Waals surface area contributed by atoms with Crippen molar-refractivity contribution in [3.8, 4) is 0 Å². The molecule has 1 atom stereocenters. The molecule has 5 nitrogen and oxygen atoms in total. The molecule has 78 valence electrons. The number of nitrogens with one attached hydrogen (secondary N) is 1. The minimum atomic E-state index is -3.07. The Morgan fingerprint density at radius 3 is 2.71 bits per heavy atom. The zero-order valence-corrected chi connectivity index (χ0v) is 8.66. The van der Waals surface area contributed by atoms with Gasteiger partial charge in [-0.2, -0.15) is 0 Å². The van der Waals surface area contributed by atoms with Crippen LogP contribution in [0.2, 0.25) is 0 Å². The van der Waals surface area contributed by atoms with E-state index in [2.05, 4.69) is 10.4 Å². The first-order chi connectivity index (χ1) is 6.53. The van der Waals surface area contributed by atoms with Crippen molar-refractivity contribution < 1.29 is 8.42 Å². The smallest absolute Gasteiger partial charge is 0.149 e. The van der Waals surface area contributed by atoms with E-state index in [-0.39, 0.29) is 5.75 Å². The summed E-state index contributed by atoms with van der Waals surface area (Å²) in [4.78, 5) is 4.03. The molecule has 0 aliphatic heterocycles. The van der Waals surface area contributed by atoms with Gasteiger partial charge in [0, 0.05) is 12.5 Å². The van der Waals surface area contributed by atoms with Crippen molar-refractivity contribution in [1.29, 1.82) is 0 Å². The molecule has 0 spiro atoms. The molecule has 0 fully saturated rings. The maximum Gasteiger partial charge on any atom is 0.149 e. The Morgan fingerprint density at radius 2 is 2.29 bits per heavy atom. The van der Waals surface area contributed by atoms with E-state index in [9.17, 15) is 8.42 Å². The van der Waals surface area contributed by atoms with Crippen molar-refractivity contribution in [3.63, 3.8) is 0 Å². The lowest BCUT2D eigenvalue weighted by molar-refractivity contribution is 0.556. The fraction of sp³-hybridized carbons (Fsp3) is 0.375. The first-order valence-electron chi connectivity index (χ1n) is 4.08. The lowest BCUT2D eigenvalue weighted by atomic mass is 10.2. The summed E-state index contributed by atoms with van der Waals surface area (Å²) in [5.41, 5.74) is 3.06. The van der Waals surface area contributed by atoms with Gasteiger partial charge in [-0.15, -0.1) is 0 Å². The van der Waals surface area contributed by atoms with Crippen molar-refractivity contribution in [3.05, 3.63) is 30.1 Å².